The second-order valence-electron chi connectivity index (χ2n) is 6.11. The predicted molar refractivity (Wildman–Crippen MR) is 85.5 cm³/mol. The van der Waals surface area contributed by atoms with Gasteiger partial charge in [0.05, 0.1) is 6.54 Å². The van der Waals surface area contributed by atoms with Crippen LogP contribution in [0.1, 0.15) is 45.4 Å². The van der Waals surface area contributed by atoms with Gasteiger partial charge in [-0.1, -0.05) is 25.7 Å². The molecule has 1 aliphatic carbocycles. The van der Waals surface area contributed by atoms with Gasteiger partial charge in [0.2, 0.25) is 11.8 Å². The van der Waals surface area contributed by atoms with E-state index in [0.29, 0.717) is 6.42 Å². The molecule has 0 aromatic carbocycles. The highest BCUT2D eigenvalue weighted by Gasteiger charge is 2.23. The van der Waals surface area contributed by atoms with Gasteiger partial charge in [0.25, 0.3) is 0 Å². The lowest BCUT2D eigenvalue weighted by Crippen LogP contribution is -2.54. The first-order valence-corrected chi connectivity index (χ1v) is 7.93. The summed E-state index contributed by atoms with van der Waals surface area (Å²) in [5.74, 6) is 0.783. The van der Waals surface area contributed by atoms with Crippen LogP contribution in [0.25, 0.3) is 0 Å². The Bertz CT molecular complexity index is 346. The monoisotopic (exact) mass is 317 g/mol. The van der Waals surface area contributed by atoms with Gasteiger partial charge in [-0.25, -0.2) is 0 Å². The van der Waals surface area contributed by atoms with Crippen molar-refractivity contribution < 1.29 is 9.59 Å². The highest BCUT2D eigenvalue weighted by Crippen LogP contribution is 2.28. The van der Waals surface area contributed by atoms with Crippen molar-refractivity contribution in [1.29, 1.82) is 0 Å². The zero-order valence-electron chi connectivity index (χ0n) is 12.9. The van der Waals surface area contributed by atoms with Crippen molar-refractivity contribution in [3.63, 3.8) is 0 Å². The van der Waals surface area contributed by atoms with E-state index in [1.165, 1.54) is 25.7 Å². The van der Waals surface area contributed by atoms with E-state index in [-0.39, 0.29) is 36.8 Å². The maximum Gasteiger partial charge on any atom is 0.242 e. The molecule has 1 saturated carbocycles. The Kier molecular flexibility index (Phi) is 8.04. The van der Waals surface area contributed by atoms with Crippen LogP contribution in [0.3, 0.4) is 0 Å². The van der Waals surface area contributed by atoms with E-state index < -0.39 is 0 Å². The Balaban J connectivity index is 0.00000220. The third kappa shape index (κ3) is 5.83. The van der Waals surface area contributed by atoms with Crippen LogP contribution in [0.15, 0.2) is 0 Å². The predicted octanol–water partition coefficient (Wildman–Crippen LogP) is 1.32. The summed E-state index contributed by atoms with van der Waals surface area (Å²) < 4.78 is 0. The topological polar surface area (TPSA) is 61.4 Å². The molecule has 5 nitrogen and oxygen atoms in total. The van der Waals surface area contributed by atoms with Gasteiger partial charge in [-0.3, -0.25) is 9.59 Å². The molecule has 2 rings (SSSR count). The number of carbonyl (C=O) groups is 2. The Labute approximate surface area is 133 Å². The summed E-state index contributed by atoms with van der Waals surface area (Å²) >= 11 is 0. The van der Waals surface area contributed by atoms with Crippen molar-refractivity contribution in [2.45, 2.75) is 51.5 Å². The fourth-order valence-corrected chi connectivity index (χ4v) is 3.21. The largest absolute Gasteiger partial charge is 0.347 e. The van der Waals surface area contributed by atoms with Crippen LogP contribution >= 0.6 is 12.4 Å². The molecular weight excluding hydrogens is 290 g/mol. The lowest BCUT2D eigenvalue weighted by molar-refractivity contribution is -0.135. The van der Waals surface area contributed by atoms with Crippen LogP contribution in [0.5, 0.6) is 0 Å². The Morgan fingerprint density at radius 3 is 2.67 bits per heavy atom. The summed E-state index contributed by atoms with van der Waals surface area (Å²) in [4.78, 5) is 25.7. The normalized spacial score (nSPS) is 22.7. The number of carbonyl (C=O) groups excluding carboxylic acids is 2. The molecule has 1 atom stereocenters. The average Bonchev–Trinajstić information content (AvgIpc) is 2.96. The molecular formula is C15H28ClN3O2. The zero-order valence-corrected chi connectivity index (χ0v) is 13.7. The van der Waals surface area contributed by atoms with Gasteiger partial charge in [-0.15, -0.1) is 12.4 Å². The molecule has 1 unspecified atom stereocenters. The summed E-state index contributed by atoms with van der Waals surface area (Å²) in [6.07, 6.45) is 6.70. The number of rotatable bonds is 5. The third-order valence-electron chi connectivity index (χ3n) is 4.51. The SMILES string of the molecule is CC1CNCCN1C(=O)CNC(=O)CCC1CCCC1.Cl. The molecule has 2 fully saturated rings. The standard InChI is InChI=1S/C15H27N3O2.ClH/c1-12-10-16-8-9-18(12)15(20)11-17-14(19)7-6-13-4-2-3-5-13;/h12-13,16H,2-11H2,1H3,(H,17,19);1H. The van der Waals surface area contributed by atoms with Gasteiger partial charge in [0, 0.05) is 32.1 Å². The molecule has 0 aromatic heterocycles. The summed E-state index contributed by atoms with van der Waals surface area (Å²) in [6.45, 7) is 4.59. The number of hydrogen-bond donors (Lipinski definition) is 2. The average molecular weight is 318 g/mol. The van der Waals surface area contributed by atoms with E-state index in [1.54, 1.807) is 0 Å². The van der Waals surface area contributed by atoms with E-state index in [1.807, 2.05) is 11.8 Å². The van der Waals surface area contributed by atoms with Crippen molar-refractivity contribution in [3.05, 3.63) is 0 Å². The number of halogens is 1. The molecule has 1 aliphatic heterocycles. The molecule has 2 N–H and O–H groups in total. The molecule has 0 radical (unpaired) electrons. The fourth-order valence-electron chi connectivity index (χ4n) is 3.21. The Morgan fingerprint density at radius 1 is 1.29 bits per heavy atom. The van der Waals surface area contributed by atoms with Gasteiger partial charge in [-0.05, 0) is 19.3 Å². The van der Waals surface area contributed by atoms with Crippen LogP contribution in [0.4, 0.5) is 0 Å². The van der Waals surface area contributed by atoms with Gasteiger partial charge >= 0.3 is 0 Å². The molecule has 0 spiro atoms. The summed E-state index contributed by atoms with van der Waals surface area (Å²) in [5, 5.41) is 6.03. The van der Waals surface area contributed by atoms with E-state index in [9.17, 15) is 9.59 Å². The van der Waals surface area contributed by atoms with Crippen molar-refractivity contribution in [2.24, 2.45) is 5.92 Å². The molecule has 1 heterocycles. The summed E-state index contributed by atoms with van der Waals surface area (Å²) in [6, 6.07) is 0.214. The van der Waals surface area contributed by atoms with Gasteiger partial charge < -0.3 is 15.5 Å². The van der Waals surface area contributed by atoms with E-state index in [2.05, 4.69) is 10.6 Å². The lowest BCUT2D eigenvalue weighted by Gasteiger charge is -2.34. The molecule has 2 amide bonds. The summed E-state index contributed by atoms with van der Waals surface area (Å²) in [7, 11) is 0. The molecule has 0 bridgehead atoms. The van der Waals surface area contributed by atoms with E-state index in [4.69, 9.17) is 0 Å². The van der Waals surface area contributed by atoms with Crippen LogP contribution in [-0.2, 0) is 9.59 Å². The van der Waals surface area contributed by atoms with Crippen LogP contribution in [0, 0.1) is 5.92 Å². The minimum atomic E-state index is 0. The highest BCUT2D eigenvalue weighted by molar-refractivity contribution is 5.85. The first kappa shape index (κ1) is 18.2. The second-order valence-corrected chi connectivity index (χ2v) is 6.11. The maximum atomic E-state index is 12.1. The first-order chi connectivity index (χ1) is 9.66. The molecule has 2 aliphatic rings. The quantitative estimate of drug-likeness (QED) is 0.804. The van der Waals surface area contributed by atoms with Crippen molar-refractivity contribution in [3.8, 4) is 0 Å². The van der Waals surface area contributed by atoms with E-state index in [0.717, 1.165) is 32.0 Å². The lowest BCUT2D eigenvalue weighted by atomic mass is 10.0. The van der Waals surface area contributed by atoms with Crippen molar-refractivity contribution in [2.75, 3.05) is 26.2 Å². The van der Waals surface area contributed by atoms with Gasteiger partial charge in [-0.2, -0.15) is 0 Å². The van der Waals surface area contributed by atoms with Crippen LogP contribution < -0.4 is 10.6 Å². The van der Waals surface area contributed by atoms with Crippen LogP contribution in [0.2, 0.25) is 0 Å². The smallest absolute Gasteiger partial charge is 0.242 e. The fraction of sp³-hybridized carbons (Fsp3) is 0.867. The zero-order chi connectivity index (χ0) is 14.4. The Hall–Kier alpha value is -0.810. The van der Waals surface area contributed by atoms with Crippen molar-refractivity contribution >= 4 is 24.2 Å². The van der Waals surface area contributed by atoms with Gasteiger partial charge in [0.15, 0.2) is 0 Å². The first-order valence-electron chi connectivity index (χ1n) is 7.93. The third-order valence-corrected chi connectivity index (χ3v) is 4.51. The molecule has 21 heavy (non-hydrogen) atoms. The molecule has 0 aromatic rings. The minimum Gasteiger partial charge on any atom is -0.347 e. The minimum absolute atomic E-state index is 0. The number of amides is 2. The summed E-state index contributed by atoms with van der Waals surface area (Å²) in [5.41, 5.74) is 0. The van der Waals surface area contributed by atoms with Gasteiger partial charge in [0.1, 0.15) is 0 Å². The number of piperazine rings is 1. The maximum absolute atomic E-state index is 12.1. The molecule has 122 valence electrons. The number of nitrogens with one attached hydrogen (secondary N) is 2. The number of hydrogen-bond acceptors (Lipinski definition) is 3. The molecule has 6 heteroatoms. The number of nitrogens with zero attached hydrogens (tertiary/aromatic N) is 1. The van der Waals surface area contributed by atoms with E-state index >= 15 is 0 Å². The van der Waals surface area contributed by atoms with Crippen molar-refractivity contribution in [1.82, 2.24) is 15.5 Å². The second kappa shape index (κ2) is 9.26. The molecule has 1 saturated heterocycles. The van der Waals surface area contributed by atoms with Crippen LogP contribution in [-0.4, -0.2) is 48.9 Å². The Morgan fingerprint density at radius 2 is 2.00 bits per heavy atom. The highest BCUT2D eigenvalue weighted by atomic mass is 35.5.